The Kier molecular flexibility index (Phi) is 4.34. The molecule has 2 aromatic heterocycles. The summed E-state index contributed by atoms with van der Waals surface area (Å²) in [6.45, 7) is 0.464. The summed E-state index contributed by atoms with van der Waals surface area (Å²) < 4.78 is 7.44. The average molecular weight is 315 g/mol. The largest absolute Gasteiger partial charge is 0.487 e. The Hall–Kier alpha value is -2.40. The molecule has 0 fully saturated rings. The molecule has 0 unspecified atom stereocenters. The SMILES string of the molecule is Cn1ccc(Cc2ccc(COc3cnnc(Cl)c3)cc2)n1. The van der Waals surface area contributed by atoms with E-state index in [1.165, 1.54) is 5.56 Å². The fourth-order valence-corrected chi connectivity index (χ4v) is 2.24. The monoisotopic (exact) mass is 314 g/mol. The van der Waals surface area contributed by atoms with Crippen LogP contribution >= 0.6 is 11.6 Å². The summed E-state index contributed by atoms with van der Waals surface area (Å²) in [7, 11) is 1.92. The van der Waals surface area contributed by atoms with Crippen molar-refractivity contribution in [3.05, 3.63) is 70.8 Å². The number of halogens is 1. The van der Waals surface area contributed by atoms with Crippen LogP contribution in [0.5, 0.6) is 5.75 Å². The lowest BCUT2D eigenvalue weighted by Crippen LogP contribution is -1.97. The van der Waals surface area contributed by atoms with Crippen molar-refractivity contribution in [3.63, 3.8) is 0 Å². The molecule has 6 heteroatoms. The zero-order chi connectivity index (χ0) is 15.4. The number of hydrogen-bond acceptors (Lipinski definition) is 4. The molecule has 0 N–H and O–H groups in total. The highest BCUT2D eigenvalue weighted by Crippen LogP contribution is 2.15. The zero-order valence-electron chi connectivity index (χ0n) is 12.1. The zero-order valence-corrected chi connectivity index (χ0v) is 12.9. The summed E-state index contributed by atoms with van der Waals surface area (Å²) in [6, 6.07) is 11.9. The van der Waals surface area contributed by atoms with E-state index in [-0.39, 0.29) is 0 Å². The van der Waals surface area contributed by atoms with Gasteiger partial charge in [0, 0.05) is 25.7 Å². The number of aromatic nitrogens is 4. The van der Waals surface area contributed by atoms with Gasteiger partial charge < -0.3 is 4.74 Å². The molecule has 0 aliphatic rings. The molecule has 0 aliphatic carbocycles. The molecule has 1 aromatic carbocycles. The van der Waals surface area contributed by atoms with E-state index < -0.39 is 0 Å². The van der Waals surface area contributed by atoms with E-state index in [0.29, 0.717) is 17.5 Å². The van der Waals surface area contributed by atoms with E-state index in [4.69, 9.17) is 16.3 Å². The van der Waals surface area contributed by atoms with Gasteiger partial charge >= 0.3 is 0 Å². The molecule has 0 bridgehead atoms. The number of hydrogen-bond donors (Lipinski definition) is 0. The van der Waals surface area contributed by atoms with Crippen LogP contribution in [0, 0.1) is 0 Å². The summed E-state index contributed by atoms with van der Waals surface area (Å²) in [5, 5.41) is 12.1. The second-order valence-electron chi connectivity index (χ2n) is 4.98. The van der Waals surface area contributed by atoms with Crippen LogP contribution in [0.2, 0.25) is 5.15 Å². The molecule has 3 aromatic rings. The molecule has 0 spiro atoms. The Bertz CT molecular complexity index is 755. The maximum Gasteiger partial charge on any atom is 0.155 e. The van der Waals surface area contributed by atoms with Crippen molar-refractivity contribution in [2.45, 2.75) is 13.0 Å². The van der Waals surface area contributed by atoms with Crippen LogP contribution in [0.3, 0.4) is 0 Å². The first kappa shape index (κ1) is 14.5. The van der Waals surface area contributed by atoms with Crippen LogP contribution in [0.25, 0.3) is 0 Å². The number of benzene rings is 1. The summed E-state index contributed by atoms with van der Waals surface area (Å²) >= 11 is 5.76. The van der Waals surface area contributed by atoms with Gasteiger partial charge in [-0.1, -0.05) is 35.9 Å². The molecule has 0 atom stereocenters. The van der Waals surface area contributed by atoms with Crippen molar-refractivity contribution in [2.24, 2.45) is 7.05 Å². The van der Waals surface area contributed by atoms with Gasteiger partial charge in [-0.2, -0.15) is 10.2 Å². The maximum absolute atomic E-state index is 5.76. The first-order valence-corrected chi connectivity index (χ1v) is 7.24. The summed E-state index contributed by atoms with van der Waals surface area (Å²) in [4.78, 5) is 0. The predicted octanol–water partition coefficient (Wildman–Crippen LogP) is 3.03. The minimum Gasteiger partial charge on any atom is -0.487 e. The van der Waals surface area contributed by atoms with Crippen LogP contribution in [-0.2, 0) is 20.1 Å². The Morgan fingerprint density at radius 3 is 2.59 bits per heavy atom. The van der Waals surface area contributed by atoms with Crippen LogP contribution < -0.4 is 4.74 Å². The molecule has 0 amide bonds. The topological polar surface area (TPSA) is 52.8 Å². The van der Waals surface area contributed by atoms with Gasteiger partial charge in [0.2, 0.25) is 0 Å². The fourth-order valence-electron chi connectivity index (χ4n) is 2.09. The molecule has 0 saturated heterocycles. The van der Waals surface area contributed by atoms with Gasteiger partial charge in [0.1, 0.15) is 12.4 Å². The van der Waals surface area contributed by atoms with E-state index >= 15 is 0 Å². The van der Waals surface area contributed by atoms with Crippen molar-refractivity contribution in [2.75, 3.05) is 0 Å². The van der Waals surface area contributed by atoms with Crippen LogP contribution in [0.1, 0.15) is 16.8 Å². The van der Waals surface area contributed by atoms with Crippen LogP contribution in [0.4, 0.5) is 0 Å². The van der Waals surface area contributed by atoms with Gasteiger partial charge in [0.15, 0.2) is 5.15 Å². The van der Waals surface area contributed by atoms with Crippen molar-refractivity contribution in [3.8, 4) is 5.75 Å². The van der Waals surface area contributed by atoms with Crippen LogP contribution in [-0.4, -0.2) is 20.0 Å². The van der Waals surface area contributed by atoms with E-state index in [1.54, 1.807) is 12.3 Å². The quantitative estimate of drug-likeness (QED) is 0.726. The van der Waals surface area contributed by atoms with E-state index in [9.17, 15) is 0 Å². The van der Waals surface area contributed by atoms with Gasteiger partial charge in [0.05, 0.1) is 11.9 Å². The molecule has 0 radical (unpaired) electrons. The van der Waals surface area contributed by atoms with Gasteiger partial charge in [-0.3, -0.25) is 4.68 Å². The molecule has 22 heavy (non-hydrogen) atoms. The molecule has 5 nitrogen and oxygen atoms in total. The highest BCUT2D eigenvalue weighted by Gasteiger charge is 2.02. The fraction of sp³-hybridized carbons (Fsp3) is 0.188. The lowest BCUT2D eigenvalue weighted by molar-refractivity contribution is 0.304. The lowest BCUT2D eigenvalue weighted by atomic mass is 10.1. The lowest BCUT2D eigenvalue weighted by Gasteiger charge is -2.06. The Balaban J connectivity index is 1.59. The first-order chi connectivity index (χ1) is 10.7. The van der Waals surface area contributed by atoms with Crippen molar-refractivity contribution in [1.82, 2.24) is 20.0 Å². The Morgan fingerprint density at radius 2 is 1.91 bits per heavy atom. The number of aryl methyl sites for hydroxylation is 1. The number of nitrogens with zero attached hydrogens (tertiary/aromatic N) is 4. The molecular weight excluding hydrogens is 300 g/mol. The Labute approximate surface area is 133 Å². The van der Waals surface area contributed by atoms with Gasteiger partial charge in [-0.15, -0.1) is 5.10 Å². The summed E-state index contributed by atoms with van der Waals surface area (Å²) in [5.74, 6) is 0.609. The molecular formula is C16H15ClN4O. The highest BCUT2D eigenvalue weighted by atomic mass is 35.5. The van der Waals surface area contributed by atoms with E-state index in [0.717, 1.165) is 17.7 Å². The average Bonchev–Trinajstić information content (AvgIpc) is 2.92. The number of rotatable bonds is 5. The standard InChI is InChI=1S/C16H15ClN4O/c1-21-7-6-14(20-21)8-12-2-4-13(5-3-12)11-22-15-9-16(17)19-18-10-15/h2-7,9-10H,8,11H2,1H3. The van der Waals surface area contributed by atoms with E-state index in [1.807, 2.05) is 24.0 Å². The van der Waals surface area contributed by atoms with Gasteiger partial charge in [-0.25, -0.2) is 0 Å². The second kappa shape index (κ2) is 6.58. The predicted molar refractivity (Wildman–Crippen MR) is 83.8 cm³/mol. The second-order valence-corrected chi connectivity index (χ2v) is 5.36. The highest BCUT2D eigenvalue weighted by molar-refractivity contribution is 6.29. The van der Waals surface area contributed by atoms with Crippen LogP contribution in [0.15, 0.2) is 48.8 Å². The molecule has 0 aliphatic heterocycles. The van der Waals surface area contributed by atoms with E-state index in [2.05, 4.69) is 39.6 Å². The first-order valence-electron chi connectivity index (χ1n) is 6.86. The smallest absolute Gasteiger partial charge is 0.155 e. The minimum absolute atomic E-state index is 0.322. The molecule has 2 heterocycles. The normalized spacial score (nSPS) is 10.6. The summed E-state index contributed by atoms with van der Waals surface area (Å²) in [6.07, 6.45) is 4.32. The molecule has 3 rings (SSSR count). The van der Waals surface area contributed by atoms with Crippen molar-refractivity contribution < 1.29 is 4.74 Å². The molecule has 0 saturated carbocycles. The third-order valence-corrected chi connectivity index (χ3v) is 3.37. The Morgan fingerprint density at radius 1 is 1.14 bits per heavy atom. The summed E-state index contributed by atoms with van der Waals surface area (Å²) in [5.41, 5.74) is 3.36. The third kappa shape index (κ3) is 3.83. The van der Waals surface area contributed by atoms with Gasteiger partial charge in [0.25, 0.3) is 0 Å². The third-order valence-electron chi connectivity index (χ3n) is 3.18. The van der Waals surface area contributed by atoms with Crippen molar-refractivity contribution >= 4 is 11.6 Å². The minimum atomic E-state index is 0.322. The van der Waals surface area contributed by atoms with Gasteiger partial charge in [-0.05, 0) is 17.2 Å². The maximum atomic E-state index is 5.76. The van der Waals surface area contributed by atoms with Crippen molar-refractivity contribution in [1.29, 1.82) is 0 Å². The molecule has 112 valence electrons. The number of ether oxygens (including phenoxy) is 1.